The van der Waals surface area contributed by atoms with Crippen LogP contribution < -0.4 is 10.6 Å². The number of amides is 3. The molecule has 0 radical (unpaired) electrons. The molecule has 2 N–H and O–H groups in total. The van der Waals surface area contributed by atoms with Crippen molar-refractivity contribution in [3.63, 3.8) is 0 Å². The third-order valence-corrected chi connectivity index (χ3v) is 5.10. The summed E-state index contributed by atoms with van der Waals surface area (Å²) >= 11 is 0. The molecule has 3 amide bonds. The number of nitrogens with one attached hydrogen (secondary N) is 2. The van der Waals surface area contributed by atoms with Gasteiger partial charge in [0.15, 0.2) is 0 Å². The monoisotopic (exact) mass is 475 g/mol. The molecule has 0 spiro atoms. The molecule has 0 bridgehead atoms. The smallest absolute Gasteiger partial charge is 0.408 e. The molecule has 2 atom stereocenters. The summed E-state index contributed by atoms with van der Waals surface area (Å²) < 4.78 is 5.40. The van der Waals surface area contributed by atoms with E-state index in [1.54, 1.807) is 25.7 Å². The Balaban J connectivity index is 3.45. The van der Waals surface area contributed by atoms with Crippen molar-refractivity contribution in [3.05, 3.63) is 34.9 Å². The number of nitrogens with zero attached hydrogens (tertiary/aromatic N) is 1. The van der Waals surface area contributed by atoms with Crippen molar-refractivity contribution in [3.8, 4) is 0 Å². The fourth-order valence-electron chi connectivity index (χ4n) is 3.83. The molecule has 0 fully saturated rings. The van der Waals surface area contributed by atoms with Crippen molar-refractivity contribution in [2.45, 2.75) is 106 Å². The summed E-state index contributed by atoms with van der Waals surface area (Å²) in [4.78, 5) is 41.5. The number of likely N-dealkylation sites (N-methyl/N-ethyl adjacent to an activating group) is 1. The third kappa shape index (κ3) is 9.35. The summed E-state index contributed by atoms with van der Waals surface area (Å²) in [5, 5.41) is 5.79. The van der Waals surface area contributed by atoms with Crippen molar-refractivity contribution in [2.75, 3.05) is 6.54 Å². The van der Waals surface area contributed by atoms with E-state index in [2.05, 4.69) is 10.6 Å². The fourth-order valence-corrected chi connectivity index (χ4v) is 3.83. The lowest BCUT2D eigenvalue weighted by Crippen LogP contribution is -2.55. The zero-order valence-electron chi connectivity index (χ0n) is 23.0. The van der Waals surface area contributed by atoms with Crippen molar-refractivity contribution in [1.82, 2.24) is 15.5 Å². The lowest BCUT2D eigenvalue weighted by Gasteiger charge is -2.36. The van der Waals surface area contributed by atoms with Crippen LogP contribution in [0.5, 0.6) is 0 Å². The summed E-state index contributed by atoms with van der Waals surface area (Å²) in [7, 11) is 0. The highest BCUT2D eigenvalue weighted by molar-refractivity contribution is 5.92. The third-order valence-electron chi connectivity index (χ3n) is 5.10. The molecule has 0 aliphatic heterocycles. The average Bonchev–Trinajstić information content (AvgIpc) is 2.62. The van der Waals surface area contributed by atoms with Gasteiger partial charge in [-0.3, -0.25) is 9.59 Å². The van der Waals surface area contributed by atoms with E-state index >= 15 is 0 Å². The number of carbonyl (C=O) groups is 3. The van der Waals surface area contributed by atoms with E-state index in [-0.39, 0.29) is 17.7 Å². The van der Waals surface area contributed by atoms with Gasteiger partial charge < -0.3 is 20.3 Å². The maximum Gasteiger partial charge on any atom is 0.408 e. The van der Waals surface area contributed by atoms with Gasteiger partial charge in [0.25, 0.3) is 0 Å². The molecule has 0 heterocycles. The molecule has 0 aliphatic carbocycles. The molecule has 1 aromatic carbocycles. The first-order valence-electron chi connectivity index (χ1n) is 12.1. The van der Waals surface area contributed by atoms with E-state index in [0.29, 0.717) is 13.0 Å². The predicted octanol–water partition coefficient (Wildman–Crippen LogP) is 5.05. The second kappa shape index (κ2) is 11.7. The first-order chi connectivity index (χ1) is 15.4. The summed E-state index contributed by atoms with van der Waals surface area (Å²) in [5.74, 6) is -0.420. The van der Waals surface area contributed by atoms with Crippen molar-refractivity contribution in [2.24, 2.45) is 5.92 Å². The predicted molar refractivity (Wildman–Crippen MR) is 137 cm³/mol. The highest BCUT2D eigenvalue weighted by atomic mass is 16.6. The lowest BCUT2D eigenvalue weighted by molar-refractivity contribution is -0.143. The van der Waals surface area contributed by atoms with Crippen LogP contribution in [0.1, 0.15) is 91.5 Å². The minimum atomic E-state index is -0.826. The number of ether oxygens (including phenoxy) is 1. The van der Waals surface area contributed by atoms with Gasteiger partial charge in [-0.25, -0.2) is 4.79 Å². The molecule has 0 aromatic heterocycles. The van der Waals surface area contributed by atoms with Crippen LogP contribution in [0.3, 0.4) is 0 Å². The summed E-state index contributed by atoms with van der Waals surface area (Å²) in [6.07, 6.45) is -0.223. The Morgan fingerprint density at radius 1 is 1.03 bits per heavy atom. The summed E-state index contributed by atoms with van der Waals surface area (Å²) in [6, 6.07) is 4.22. The molecule has 34 heavy (non-hydrogen) atoms. The second-order valence-corrected chi connectivity index (χ2v) is 11.5. The topological polar surface area (TPSA) is 87.7 Å². The van der Waals surface area contributed by atoms with Gasteiger partial charge >= 0.3 is 6.09 Å². The molecule has 2 unspecified atom stereocenters. The Bertz CT molecular complexity index is 866. The van der Waals surface area contributed by atoms with Crippen LogP contribution >= 0.6 is 0 Å². The van der Waals surface area contributed by atoms with E-state index in [0.717, 1.165) is 16.7 Å². The molecule has 7 nitrogen and oxygen atoms in total. The van der Waals surface area contributed by atoms with Crippen molar-refractivity contribution >= 4 is 17.9 Å². The van der Waals surface area contributed by atoms with Crippen LogP contribution in [0.4, 0.5) is 4.79 Å². The van der Waals surface area contributed by atoms with Gasteiger partial charge in [0.1, 0.15) is 17.7 Å². The maximum absolute atomic E-state index is 13.8. The van der Waals surface area contributed by atoms with E-state index in [4.69, 9.17) is 4.74 Å². The number of carbonyl (C=O) groups excluding carboxylic acids is 3. The fraction of sp³-hybridized carbons (Fsp3) is 0.667. The number of aryl methyl sites for hydroxylation is 2. The largest absolute Gasteiger partial charge is 0.444 e. The minimum absolute atomic E-state index is 0.144. The van der Waals surface area contributed by atoms with Gasteiger partial charge in [-0.1, -0.05) is 37.6 Å². The normalized spacial score (nSPS) is 13.8. The number of hydrogen-bond acceptors (Lipinski definition) is 4. The molecule has 0 saturated carbocycles. The highest BCUT2D eigenvalue weighted by Crippen LogP contribution is 2.27. The van der Waals surface area contributed by atoms with Crippen LogP contribution in [0.15, 0.2) is 18.2 Å². The van der Waals surface area contributed by atoms with Gasteiger partial charge in [0.05, 0.1) is 0 Å². The van der Waals surface area contributed by atoms with Gasteiger partial charge in [-0.05, 0) is 85.8 Å². The van der Waals surface area contributed by atoms with Gasteiger partial charge in [0, 0.05) is 12.1 Å². The van der Waals surface area contributed by atoms with Gasteiger partial charge in [-0.2, -0.15) is 0 Å². The molecule has 192 valence electrons. The van der Waals surface area contributed by atoms with Crippen LogP contribution in [-0.4, -0.2) is 46.5 Å². The van der Waals surface area contributed by atoms with E-state index in [1.165, 1.54) is 0 Å². The zero-order valence-corrected chi connectivity index (χ0v) is 23.0. The molecule has 0 saturated heterocycles. The average molecular weight is 476 g/mol. The maximum atomic E-state index is 13.8. The van der Waals surface area contributed by atoms with Gasteiger partial charge in [0.2, 0.25) is 11.8 Å². The van der Waals surface area contributed by atoms with Crippen molar-refractivity contribution < 1.29 is 19.1 Å². The Hall–Kier alpha value is -2.57. The lowest BCUT2D eigenvalue weighted by atomic mass is 9.94. The van der Waals surface area contributed by atoms with Crippen LogP contribution in [0, 0.1) is 19.8 Å². The Morgan fingerprint density at radius 2 is 1.62 bits per heavy atom. The Kier molecular flexibility index (Phi) is 10.2. The first kappa shape index (κ1) is 29.5. The number of benzene rings is 1. The Morgan fingerprint density at radius 3 is 2.06 bits per heavy atom. The first-order valence-corrected chi connectivity index (χ1v) is 12.1. The molecular formula is C27H45N3O4. The summed E-state index contributed by atoms with van der Waals surface area (Å²) in [5.41, 5.74) is 1.62. The van der Waals surface area contributed by atoms with Crippen LogP contribution in [0.2, 0.25) is 0 Å². The molecule has 7 heteroatoms. The quantitative estimate of drug-likeness (QED) is 0.551. The van der Waals surface area contributed by atoms with Gasteiger partial charge in [-0.15, -0.1) is 0 Å². The van der Waals surface area contributed by atoms with Crippen LogP contribution in [0.25, 0.3) is 0 Å². The number of alkyl carbamates (subject to hydrolysis) is 1. The van der Waals surface area contributed by atoms with E-state index < -0.39 is 29.3 Å². The molecule has 1 aromatic rings. The molecule has 1 rings (SSSR count). The SMILES string of the molecule is CCN(C(=O)C(CC(C)C)NC(=O)OC(C)(C)C)C(C(=O)NC(C)(C)C)c1ccc(C)cc1C. The van der Waals surface area contributed by atoms with Crippen molar-refractivity contribution in [1.29, 1.82) is 0 Å². The summed E-state index contributed by atoms with van der Waals surface area (Å²) in [6.45, 7) is 21.1. The van der Waals surface area contributed by atoms with E-state index in [1.807, 2.05) is 73.6 Å². The molecular weight excluding hydrogens is 430 g/mol. The highest BCUT2D eigenvalue weighted by Gasteiger charge is 2.37. The number of hydrogen-bond donors (Lipinski definition) is 2. The number of rotatable bonds is 8. The zero-order chi connectivity index (χ0) is 26.4. The minimum Gasteiger partial charge on any atom is -0.444 e. The van der Waals surface area contributed by atoms with Crippen LogP contribution in [-0.2, 0) is 14.3 Å². The molecule has 0 aliphatic rings. The Labute approximate surface area is 206 Å². The van der Waals surface area contributed by atoms with E-state index in [9.17, 15) is 14.4 Å². The standard InChI is InChI=1S/C27H45N3O4/c1-12-30(24(32)21(15-17(2)3)28-25(33)34-27(9,10)11)22(23(31)29-26(6,7)8)20-14-13-18(4)16-19(20)5/h13-14,16-17,21-22H,12,15H2,1-11H3,(H,28,33)(H,29,31). The second-order valence-electron chi connectivity index (χ2n) is 11.5.